The number of rotatable bonds is 4. The first-order chi connectivity index (χ1) is 8.25. The van der Waals surface area contributed by atoms with Crippen LogP contribution in [0, 0.1) is 6.92 Å². The lowest BCUT2D eigenvalue weighted by Gasteiger charge is -2.23. The molecule has 1 N–H and O–H groups in total. The van der Waals surface area contributed by atoms with E-state index in [0.29, 0.717) is 19.8 Å². The Morgan fingerprint density at radius 1 is 1.41 bits per heavy atom. The average molecular weight is 256 g/mol. The van der Waals surface area contributed by atoms with Gasteiger partial charge >= 0.3 is 0 Å². The van der Waals surface area contributed by atoms with Gasteiger partial charge in [0.05, 0.1) is 25.9 Å². The van der Waals surface area contributed by atoms with E-state index in [1.807, 2.05) is 19.1 Å². The summed E-state index contributed by atoms with van der Waals surface area (Å²) in [6, 6.07) is 6.13. The summed E-state index contributed by atoms with van der Waals surface area (Å²) < 4.78 is 10.9. The number of nitrogens with one attached hydrogen (secondary N) is 1. The van der Waals surface area contributed by atoms with Gasteiger partial charge in [0, 0.05) is 18.1 Å². The molecule has 2 rings (SSSR count). The van der Waals surface area contributed by atoms with Crippen molar-refractivity contribution in [3.8, 4) is 0 Å². The van der Waals surface area contributed by atoms with Crippen LogP contribution in [0.4, 0.5) is 0 Å². The Morgan fingerprint density at radius 2 is 2.29 bits per heavy atom. The molecule has 1 atom stereocenters. The monoisotopic (exact) mass is 255 g/mol. The van der Waals surface area contributed by atoms with Crippen LogP contribution in [0.2, 0.25) is 5.02 Å². The van der Waals surface area contributed by atoms with Crippen LogP contribution in [0.1, 0.15) is 11.1 Å². The first-order valence-corrected chi connectivity index (χ1v) is 6.28. The molecule has 1 aromatic rings. The highest BCUT2D eigenvalue weighted by atomic mass is 35.5. The second-order valence-electron chi connectivity index (χ2n) is 4.28. The summed E-state index contributed by atoms with van der Waals surface area (Å²) in [4.78, 5) is 0. The van der Waals surface area contributed by atoms with Gasteiger partial charge in [-0.15, -0.1) is 0 Å². The van der Waals surface area contributed by atoms with Crippen LogP contribution in [-0.2, 0) is 16.0 Å². The van der Waals surface area contributed by atoms with Crippen molar-refractivity contribution >= 4 is 11.6 Å². The number of aryl methyl sites for hydroxylation is 1. The highest BCUT2D eigenvalue weighted by molar-refractivity contribution is 6.31. The van der Waals surface area contributed by atoms with E-state index >= 15 is 0 Å². The minimum absolute atomic E-state index is 0.171. The van der Waals surface area contributed by atoms with Crippen LogP contribution in [0.5, 0.6) is 0 Å². The SMILES string of the molecule is Cc1ccc(CNCC2COCCO2)cc1Cl. The Bertz CT molecular complexity index is 364. The van der Waals surface area contributed by atoms with Crippen LogP contribution in [-0.4, -0.2) is 32.5 Å². The first-order valence-electron chi connectivity index (χ1n) is 5.91. The maximum Gasteiger partial charge on any atom is 0.0933 e. The molecule has 4 heteroatoms. The molecule has 0 radical (unpaired) electrons. The van der Waals surface area contributed by atoms with Gasteiger partial charge in [-0.3, -0.25) is 0 Å². The Hall–Kier alpha value is -0.610. The van der Waals surface area contributed by atoms with E-state index in [-0.39, 0.29) is 6.10 Å². The fourth-order valence-corrected chi connectivity index (χ4v) is 1.98. The summed E-state index contributed by atoms with van der Waals surface area (Å²) in [5.74, 6) is 0. The van der Waals surface area contributed by atoms with Crippen molar-refractivity contribution < 1.29 is 9.47 Å². The van der Waals surface area contributed by atoms with Gasteiger partial charge in [-0.1, -0.05) is 23.7 Å². The molecule has 1 heterocycles. The number of hydrogen-bond donors (Lipinski definition) is 1. The number of benzene rings is 1. The van der Waals surface area contributed by atoms with Crippen molar-refractivity contribution in [3.63, 3.8) is 0 Å². The largest absolute Gasteiger partial charge is 0.376 e. The van der Waals surface area contributed by atoms with Gasteiger partial charge < -0.3 is 14.8 Å². The number of ether oxygens (including phenoxy) is 2. The molecule has 0 aromatic heterocycles. The van der Waals surface area contributed by atoms with Gasteiger partial charge in [-0.2, -0.15) is 0 Å². The molecule has 17 heavy (non-hydrogen) atoms. The normalized spacial score (nSPS) is 20.5. The van der Waals surface area contributed by atoms with Crippen molar-refractivity contribution in [3.05, 3.63) is 34.3 Å². The molecule has 0 amide bonds. The van der Waals surface area contributed by atoms with E-state index in [4.69, 9.17) is 21.1 Å². The van der Waals surface area contributed by atoms with Gasteiger partial charge in [0.2, 0.25) is 0 Å². The summed E-state index contributed by atoms with van der Waals surface area (Å²) in [5.41, 5.74) is 2.30. The molecule has 0 bridgehead atoms. The van der Waals surface area contributed by atoms with E-state index in [2.05, 4.69) is 11.4 Å². The molecule has 1 aliphatic heterocycles. The zero-order valence-electron chi connectivity index (χ0n) is 10.0. The van der Waals surface area contributed by atoms with E-state index < -0.39 is 0 Å². The third-order valence-corrected chi connectivity index (χ3v) is 3.23. The third-order valence-electron chi connectivity index (χ3n) is 2.82. The first kappa shape index (κ1) is 12.8. The summed E-state index contributed by atoms with van der Waals surface area (Å²) >= 11 is 6.07. The van der Waals surface area contributed by atoms with E-state index in [9.17, 15) is 0 Å². The molecule has 1 aromatic carbocycles. The molecule has 0 aliphatic carbocycles. The minimum Gasteiger partial charge on any atom is -0.376 e. The number of hydrogen-bond acceptors (Lipinski definition) is 3. The quantitative estimate of drug-likeness (QED) is 0.894. The molecule has 1 aliphatic rings. The van der Waals surface area contributed by atoms with Gasteiger partial charge in [0.25, 0.3) is 0 Å². The Morgan fingerprint density at radius 3 is 3.00 bits per heavy atom. The highest BCUT2D eigenvalue weighted by Crippen LogP contribution is 2.16. The lowest BCUT2D eigenvalue weighted by molar-refractivity contribution is -0.0864. The van der Waals surface area contributed by atoms with Crippen molar-refractivity contribution in [1.29, 1.82) is 0 Å². The minimum atomic E-state index is 0.171. The van der Waals surface area contributed by atoms with Crippen LogP contribution >= 0.6 is 11.6 Å². The second kappa shape index (κ2) is 6.36. The molecule has 1 unspecified atom stereocenters. The maximum absolute atomic E-state index is 6.07. The lowest BCUT2D eigenvalue weighted by atomic mass is 10.1. The molecule has 3 nitrogen and oxygen atoms in total. The standard InChI is InChI=1S/C13H18ClNO2/c1-10-2-3-11(6-13(10)14)7-15-8-12-9-16-4-5-17-12/h2-3,6,12,15H,4-5,7-9H2,1H3. The predicted molar refractivity (Wildman–Crippen MR) is 68.5 cm³/mol. The smallest absolute Gasteiger partial charge is 0.0933 e. The van der Waals surface area contributed by atoms with Crippen molar-refractivity contribution in [1.82, 2.24) is 5.32 Å². The predicted octanol–water partition coefficient (Wildman–Crippen LogP) is 2.15. The van der Waals surface area contributed by atoms with E-state index in [1.54, 1.807) is 0 Å². The molecular formula is C13H18ClNO2. The lowest BCUT2D eigenvalue weighted by Crippen LogP contribution is -2.37. The van der Waals surface area contributed by atoms with Crippen molar-refractivity contribution in [2.75, 3.05) is 26.4 Å². The molecule has 94 valence electrons. The Kier molecular flexibility index (Phi) is 4.80. The average Bonchev–Trinajstić information content (AvgIpc) is 2.35. The fourth-order valence-electron chi connectivity index (χ4n) is 1.78. The van der Waals surface area contributed by atoms with Gasteiger partial charge in [-0.05, 0) is 24.1 Å². The zero-order valence-corrected chi connectivity index (χ0v) is 10.8. The van der Waals surface area contributed by atoms with Crippen molar-refractivity contribution in [2.24, 2.45) is 0 Å². The maximum atomic E-state index is 6.07. The van der Waals surface area contributed by atoms with Gasteiger partial charge in [-0.25, -0.2) is 0 Å². The van der Waals surface area contributed by atoms with Crippen LogP contribution in [0.3, 0.4) is 0 Å². The summed E-state index contributed by atoms with van der Waals surface area (Å²) in [7, 11) is 0. The highest BCUT2D eigenvalue weighted by Gasteiger charge is 2.13. The van der Waals surface area contributed by atoms with Crippen LogP contribution < -0.4 is 5.32 Å². The molecule has 0 saturated carbocycles. The van der Waals surface area contributed by atoms with Crippen LogP contribution in [0.15, 0.2) is 18.2 Å². The Balaban J connectivity index is 1.75. The molecular weight excluding hydrogens is 238 g/mol. The summed E-state index contributed by atoms with van der Waals surface area (Å²) in [6.07, 6.45) is 0.171. The second-order valence-corrected chi connectivity index (χ2v) is 4.69. The zero-order chi connectivity index (χ0) is 12.1. The topological polar surface area (TPSA) is 30.5 Å². The molecule has 1 saturated heterocycles. The summed E-state index contributed by atoms with van der Waals surface area (Å²) in [5, 5.41) is 4.18. The van der Waals surface area contributed by atoms with Crippen molar-refractivity contribution in [2.45, 2.75) is 19.6 Å². The molecule has 0 spiro atoms. The van der Waals surface area contributed by atoms with Gasteiger partial charge in [0.1, 0.15) is 0 Å². The van der Waals surface area contributed by atoms with Crippen LogP contribution in [0.25, 0.3) is 0 Å². The van der Waals surface area contributed by atoms with Gasteiger partial charge in [0.15, 0.2) is 0 Å². The van der Waals surface area contributed by atoms with E-state index in [1.165, 1.54) is 5.56 Å². The van der Waals surface area contributed by atoms with E-state index in [0.717, 1.165) is 23.7 Å². The summed E-state index contributed by atoms with van der Waals surface area (Å²) in [6.45, 7) is 5.71. The third kappa shape index (κ3) is 3.96. The fraction of sp³-hybridized carbons (Fsp3) is 0.538. The Labute approximate surface area is 107 Å². The molecule has 1 fully saturated rings. The number of halogens is 1.